The molecule has 0 aliphatic carbocycles. The molecular weight excluding hydrogens is 208 g/mol. The van der Waals surface area contributed by atoms with Crippen molar-refractivity contribution in [2.75, 3.05) is 25.1 Å². The highest BCUT2D eigenvalue weighted by atomic mass is 32.2. The second-order valence-corrected chi connectivity index (χ2v) is 5.91. The van der Waals surface area contributed by atoms with Gasteiger partial charge >= 0.3 is 0 Å². The van der Waals surface area contributed by atoms with Crippen LogP contribution in [0.4, 0.5) is 0 Å². The van der Waals surface area contributed by atoms with Crippen LogP contribution in [0.2, 0.25) is 0 Å². The first-order valence-corrected chi connectivity index (χ1v) is 6.75. The number of thioether (sulfide) groups is 1. The fourth-order valence-corrected chi connectivity index (χ4v) is 2.83. The van der Waals surface area contributed by atoms with E-state index in [4.69, 9.17) is 0 Å². The van der Waals surface area contributed by atoms with Gasteiger partial charge < -0.3 is 10.6 Å². The first-order chi connectivity index (χ1) is 7.06. The summed E-state index contributed by atoms with van der Waals surface area (Å²) >= 11 is 2.00. The lowest BCUT2D eigenvalue weighted by atomic mass is 9.92. The van der Waals surface area contributed by atoms with Crippen LogP contribution in [0.1, 0.15) is 26.7 Å². The molecule has 1 aliphatic heterocycles. The van der Waals surface area contributed by atoms with Gasteiger partial charge in [-0.15, -0.1) is 0 Å². The predicted octanol–water partition coefficient (Wildman–Crippen LogP) is 1.24. The molecule has 0 aromatic heterocycles. The van der Waals surface area contributed by atoms with Gasteiger partial charge in [-0.05, 0) is 32.4 Å². The Bertz CT molecular complexity index is 213. The highest BCUT2D eigenvalue weighted by Crippen LogP contribution is 2.19. The third-order valence-electron chi connectivity index (χ3n) is 2.83. The van der Waals surface area contributed by atoms with Crippen LogP contribution in [0.15, 0.2) is 0 Å². The van der Waals surface area contributed by atoms with E-state index in [1.807, 2.05) is 25.6 Å². The number of hydrogen-bond acceptors (Lipinski definition) is 3. The normalized spacial score (nSPS) is 22.5. The Morgan fingerprint density at radius 2 is 2.27 bits per heavy atom. The minimum Gasteiger partial charge on any atom is -0.359 e. The Balaban J connectivity index is 2.31. The number of carbonyl (C=O) groups is 1. The molecule has 1 aliphatic rings. The summed E-state index contributed by atoms with van der Waals surface area (Å²) in [6.07, 6.45) is 2.54. The zero-order valence-corrected chi connectivity index (χ0v) is 10.7. The zero-order chi connectivity index (χ0) is 11.3. The third-order valence-corrected chi connectivity index (χ3v) is 4.05. The van der Waals surface area contributed by atoms with Gasteiger partial charge in [0.15, 0.2) is 0 Å². The van der Waals surface area contributed by atoms with Crippen molar-refractivity contribution in [3.8, 4) is 0 Å². The summed E-state index contributed by atoms with van der Waals surface area (Å²) in [5.74, 6) is 2.58. The Hall–Kier alpha value is -0.220. The van der Waals surface area contributed by atoms with Gasteiger partial charge in [-0.25, -0.2) is 0 Å². The minimum absolute atomic E-state index is 0.110. The Morgan fingerprint density at radius 1 is 1.53 bits per heavy atom. The van der Waals surface area contributed by atoms with Crippen molar-refractivity contribution in [3.63, 3.8) is 0 Å². The molecule has 3 nitrogen and oxygen atoms in total. The van der Waals surface area contributed by atoms with Crippen LogP contribution in [0.25, 0.3) is 0 Å². The summed E-state index contributed by atoms with van der Waals surface area (Å²) in [5, 5.41) is 6.20. The summed E-state index contributed by atoms with van der Waals surface area (Å²) in [5.41, 5.74) is -0.309. The third kappa shape index (κ3) is 4.03. The monoisotopic (exact) mass is 230 g/mol. The van der Waals surface area contributed by atoms with E-state index in [1.54, 1.807) is 7.05 Å². The average Bonchev–Trinajstić information content (AvgIpc) is 2.27. The summed E-state index contributed by atoms with van der Waals surface area (Å²) in [7, 11) is 1.69. The molecule has 0 saturated carbocycles. The molecule has 88 valence electrons. The summed E-state index contributed by atoms with van der Waals surface area (Å²) in [6, 6.07) is 0.590. The lowest BCUT2D eigenvalue weighted by molar-refractivity contribution is -0.128. The number of rotatable bonds is 4. The molecule has 1 heterocycles. The van der Waals surface area contributed by atoms with Crippen molar-refractivity contribution in [1.82, 2.24) is 10.6 Å². The molecule has 1 saturated heterocycles. The smallest absolute Gasteiger partial charge is 0.226 e. The van der Waals surface area contributed by atoms with Crippen molar-refractivity contribution >= 4 is 17.7 Å². The van der Waals surface area contributed by atoms with Gasteiger partial charge in [-0.1, -0.05) is 0 Å². The number of hydrogen-bond donors (Lipinski definition) is 2. The van der Waals surface area contributed by atoms with Gasteiger partial charge in [0.05, 0.1) is 5.41 Å². The van der Waals surface area contributed by atoms with Gasteiger partial charge in [0, 0.05) is 25.4 Å². The highest BCUT2D eigenvalue weighted by molar-refractivity contribution is 7.99. The molecule has 0 bridgehead atoms. The Morgan fingerprint density at radius 3 is 2.80 bits per heavy atom. The second kappa shape index (κ2) is 5.75. The van der Waals surface area contributed by atoms with Crippen LogP contribution in [0.5, 0.6) is 0 Å². The van der Waals surface area contributed by atoms with Crippen LogP contribution in [0.3, 0.4) is 0 Å². The SMILES string of the molecule is CNC(=O)C(C)(C)CNC1CCCSC1. The fourth-order valence-electron chi connectivity index (χ4n) is 1.72. The number of carbonyl (C=O) groups excluding carboxylic acids is 1. The molecule has 1 atom stereocenters. The summed E-state index contributed by atoms with van der Waals surface area (Å²) < 4.78 is 0. The van der Waals surface area contributed by atoms with E-state index in [0.717, 1.165) is 6.54 Å². The van der Waals surface area contributed by atoms with E-state index >= 15 is 0 Å². The van der Waals surface area contributed by atoms with Crippen LogP contribution < -0.4 is 10.6 Å². The molecule has 0 radical (unpaired) electrons. The maximum Gasteiger partial charge on any atom is 0.226 e. The molecule has 0 aromatic rings. The molecule has 1 unspecified atom stereocenters. The molecule has 1 amide bonds. The Labute approximate surface area is 96.8 Å². The Kier molecular flexibility index (Phi) is 4.93. The maximum absolute atomic E-state index is 11.5. The van der Waals surface area contributed by atoms with Crippen molar-refractivity contribution in [2.24, 2.45) is 5.41 Å². The number of nitrogens with one attached hydrogen (secondary N) is 2. The molecular formula is C11H22N2OS. The van der Waals surface area contributed by atoms with E-state index in [0.29, 0.717) is 6.04 Å². The van der Waals surface area contributed by atoms with Crippen molar-refractivity contribution in [1.29, 1.82) is 0 Å². The lowest BCUT2D eigenvalue weighted by Crippen LogP contribution is -2.46. The second-order valence-electron chi connectivity index (χ2n) is 4.76. The van der Waals surface area contributed by atoms with Crippen molar-refractivity contribution in [3.05, 3.63) is 0 Å². The van der Waals surface area contributed by atoms with Crippen molar-refractivity contribution < 1.29 is 4.79 Å². The minimum atomic E-state index is -0.309. The fraction of sp³-hybridized carbons (Fsp3) is 0.909. The first kappa shape index (κ1) is 12.8. The molecule has 0 aromatic carbocycles. The van der Waals surface area contributed by atoms with Gasteiger partial charge in [0.1, 0.15) is 0 Å². The van der Waals surface area contributed by atoms with Gasteiger partial charge in [0.25, 0.3) is 0 Å². The van der Waals surface area contributed by atoms with Gasteiger partial charge in [-0.2, -0.15) is 11.8 Å². The van der Waals surface area contributed by atoms with Crippen LogP contribution >= 0.6 is 11.8 Å². The topological polar surface area (TPSA) is 41.1 Å². The van der Waals surface area contributed by atoms with E-state index in [1.165, 1.54) is 24.3 Å². The van der Waals surface area contributed by atoms with E-state index in [2.05, 4.69) is 10.6 Å². The van der Waals surface area contributed by atoms with Crippen LogP contribution in [0, 0.1) is 5.41 Å². The largest absolute Gasteiger partial charge is 0.359 e. The average molecular weight is 230 g/mol. The van der Waals surface area contributed by atoms with E-state index < -0.39 is 0 Å². The zero-order valence-electron chi connectivity index (χ0n) is 9.93. The lowest BCUT2D eigenvalue weighted by Gasteiger charge is -2.28. The van der Waals surface area contributed by atoms with Gasteiger partial charge in [0.2, 0.25) is 5.91 Å². The van der Waals surface area contributed by atoms with Crippen molar-refractivity contribution in [2.45, 2.75) is 32.7 Å². The molecule has 0 spiro atoms. The quantitative estimate of drug-likeness (QED) is 0.763. The van der Waals surface area contributed by atoms with Crippen LogP contribution in [-0.2, 0) is 4.79 Å². The standard InChI is InChI=1S/C11H22N2OS/c1-11(2,10(14)12-3)8-13-9-5-4-6-15-7-9/h9,13H,4-8H2,1-3H3,(H,12,14). The van der Waals surface area contributed by atoms with E-state index in [-0.39, 0.29) is 11.3 Å². The molecule has 1 rings (SSSR count). The molecule has 1 fully saturated rings. The summed E-state index contributed by atoms with van der Waals surface area (Å²) in [6.45, 7) is 4.72. The number of amides is 1. The predicted molar refractivity (Wildman–Crippen MR) is 66.2 cm³/mol. The summed E-state index contributed by atoms with van der Waals surface area (Å²) in [4.78, 5) is 11.5. The van der Waals surface area contributed by atoms with E-state index in [9.17, 15) is 4.79 Å². The highest BCUT2D eigenvalue weighted by Gasteiger charge is 2.27. The molecule has 15 heavy (non-hydrogen) atoms. The first-order valence-electron chi connectivity index (χ1n) is 5.59. The van der Waals surface area contributed by atoms with Crippen LogP contribution in [-0.4, -0.2) is 37.0 Å². The molecule has 2 N–H and O–H groups in total. The molecule has 4 heteroatoms. The maximum atomic E-state index is 11.5. The van der Waals surface area contributed by atoms with Gasteiger partial charge in [-0.3, -0.25) is 4.79 Å².